The summed E-state index contributed by atoms with van der Waals surface area (Å²) in [6, 6.07) is 6.32. The van der Waals surface area contributed by atoms with E-state index in [-0.39, 0.29) is 0 Å². The average molecular weight is 175 g/mol. The van der Waals surface area contributed by atoms with Gasteiger partial charge in [0.15, 0.2) is 0 Å². The van der Waals surface area contributed by atoms with Gasteiger partial charge in [0.1, 0.15) is 5.75 Å². The SMILES string of the molecule is COc1cc2ccn(C)c2cc1C. The third-order valence-electron chi connectivity index (χ3n) is 2.40. The highest BCUT2D eigenvalue weighted by molar-refractivity contribution is 5.82. The zero-order chi connectivity index (χ0) is 9.42. The van der Waals surface area contributed by atoms with Crippen LogP contribution < -0.4 is 4.74 Å². The van der Waals surface area contributed by atoms with Gasteiger partial charge in [-0.25, -0.2) is 0 Å². The van der Waals surface area contributed by atoms with Gasteiger partial charge < -0.3 is 9.30 Å². The van der Waals surface area contributed by atoms with Gasteiger partial charge in [-0.1, -0.05) is 0 Å². The highest BCUT2D eigenvalue weighted by atomic mass is 16.5. The maximum Gasteiger partial charge on any atom is 0.122 e. The minimum Gasteiger partial charge on any atom is -0.496 e. The number of aromatic nitrogens is 1. The van der Waals surface area contributed by atoms with Gasteiger partial charge in [0.05, 0.1) is 7.11 Å². The molecular formula is C11H13NO. The topological polar surface area (TPSA) is 14.2 Å². The molecule has 1 heterocycles. The van der Waals surface area contributed by atoms with Crippen LogP contribution in [0, 0.1) is 6.92 Å². The average Bonchev–Trinajstić information content (AvgIpc) is 2.47. The summed E-state index contributed by atoms with van der Waals surface area (Å²) in [5.74, 6) is 0.957. The van der Waals surface area contributed by atoms with Gasteiger partial charge in [-0.3, -0.25) is 0 Å². The van der Waals surface area contributed by atoms with Crippen LogP contribution in [-0.2, 0) is 7.05 Å². The Labute approximate surface area is 77.7 Å². The summed E-state index contributed by atoms with van der Waals surface area (Å²) in [4.78, 5) is 0. The van der Waals surface area contributed by atoms with E-state index < -0.39 is 0 Å². The number of benzene rings is 1. The largest absolute Gasteiger partial charge is 0.496 e. The molecule has 0 aliphatic rings. The summed E-state index contributed by atoms with van der Waals surface area (Å²) >= 11 is 0. The summed E-state index contributed by atoms with van der Waals surface area (Å²) < 4.78 is 7.37. The standard InChI is InChI=1S/C11H13NO/c1-8-6-10-9(4-5-12(10)2)7-11(8)13-3/h4-7H,1-3H3. The monoisotopic (exact) mass is 175 g/mol. The Morgan fingerprint density at radius 1 is 1.31 bits per heavy atom. The second-order valence-corrected chi connectivity index (χ2v) is 3.31. The molecule has 0 radical (unpaired) electrons. The Morgan fingerprint density at radius 2 is 2.08 bits per heavy atom. The first-order valence-electron chi connectivity index (χ1n) is 4.32. The van der Waals surface area contributed by atoms with Crippen LogP contribution in [0.15, 0.2) is 24.4 Å². The van der Waals surface area contributed by atoms with E-state index in [2.05, 4.69) is 35.9 Å². The van der Waals surface area contributed by atoms with E-state index in [9.17, 15) is 0 Å². The lowest BCUT2D eigenvalue weighted by Crippen LogP contribution is -1.89. The molecule has 2 nitrogen and oxygen atoms in total. The number of hydrogen-bond acceptors (Lipinski definition) is 1. The predicted octanol–water partition coefficient (Wildman–Crippen LogP) is 2.50. The van der Waals surface area contributed by atoms with Gasteiger partial charge in [-0.15, -0.1) is 0 Å². The summed E-state index contributed by atoms with van der Waals surface area (Å²) in [5, 5.41) is 1.23. The van der Waals surface area contributed by atoms with Gasteiger partial charge in [0.2, 0.25) is 0 Å². The van der Waals surface area contributed by atoms with E-state index in [0.717, 1.165) is 5.75 Å². The van der Waals surface area contributed by atoms with Gasteiger partial charge >= 0.3 is 0 Å². The molecule has 0 saturated heterocycles. The maximum absolute atomic E-state index is 5.25. The fourth-order valence-corrected chi connectivity index (χ4v) is 1.62. The molecular weight excluding hydrogens is 162 g/mol. The van der Waals surface area contributed by atoms with Crippen LogP contribution in [0.25, 0.3) is 10.9 Å². The number of nitrogens with zero attached hydrogens (tertiary/aromatic N) is 1. The minimum absolute atomic E-state index is 0.957. The summed E-state index contributed by atoms with van der Waals surface area (Å²) in [6.07, 6.45) is 2.06. The Balaban J connectivity index is 2.76. The van der Waals surface area contributed by atoms with Gasteiger partial charge in [-0.05, 0) is 30.7 Å². The van der Waals surface area contributed by atoms with Crippen molar-refractivity contribution in [1.29, 1.82) is 0 Å². The van der Waals surface area contributed by atoms with Crippen LogP contribution in [-0.4, -0.2) is 11.7 Å². The van der Waals surface area contributed by atoms with Gasteiger partial charge in [0, 0.05) is 24.1 Å². The van der Waals surface area contributed by atoms with Crippen molar-refractivity contribution in [3.8, 4) is 5.75 Å². The first-order valence-corrected chi connectivity index (χ1v) is 4.32. The van der Waals surface area contributed by atoms with Crippen molar-refractivity contribution >= 4 is 10.9 Å². The molecule has 13 heavy (non-hydrogen) atoms. The second kappa shape index (κ2) is 2.80. The molecule has 0 unspecified atom stereocenters. The lowest BCUT2D eigenvalue weighted by molar-refractivity contribution is 0.412. The van der Waals surface area contributed by atoms with Crippen molar-refractivity contribution in [1.82, 2.24) is 4.57 Å². The fourth-order valence-electron chi connectivity index (χ4n) is 1.62. The molecule has 0 spiro atoms. The molecule has 0 fully saturated rings. The number of hydrogen-bond donors (Lipinski definition) is 0. The van der Waals surface area contributed by atoms with E-state index in [1.54, 1.807) is 7.11 Å². The first-order chi connectivity index (χ1) is 6.22. The fraction of sp³-hybridized carbons (Fsp3) is 0.273. The molecule has 1 aromatic carbocycles. The summed E-state index contributed by atoms with van der Waals surface area (Å²) in [7, 11) is 3.76. The van der Waals surface area contributed by atoms with E-state index in [4.69, 9.17) is 4.74 Å². The van der Waals surface area contributed by atoms with Gasteiger partial charge in [0.25, 0.3) is 0 Å². The van der Waals surface area contributed by atoms with Crippen molar-refractivity contribution < 1.29 is 4.74 Å². The molecule has 0 atom stereocenters. The molecule has 68 valence electrons. The lowest BCUT2D eigenvalue weighted by atomic mass is 10.1. The van der Waals surface area contributed by atoms with Crippen LogP contribution >= 0.6 is 0 Å². The van der Waals surface area contributed by atoms with Crippen molar-refractivity contribution in [3.05, 3.63) is 30.0 Å². The smallest absolute Gasteiger partial charge is 0.122 e. The van der Waals surface area contributed by atoms with Crippen LogP contribution in [0.5, 0.6) is 5.75 Å². The van der Waals surface area contributed by atoms with Crippen LogP contribution in [0.3, 0.4) is 0 Å². The van der Waals surface area contributed by atoms with Crippen molar-refractivity contribution in [3.63, 3.8) is 0 Å². The molecule has 0 amide bonds. The maximum atomic E-state index is 5.25. The predicted molar refractivity (Wildman–Crippen MR) is 54.2 cm³/mol. The Bertz CT molecular complexity index is 443. The molecule has 2 aromatic rings. The minimum atomic E-state index is 0.957. The molecule has 0 saturated carbocycles. The van der Waals surface area contributed by atoms with Crippen molar-refractivity contribution in [2.24, 2.45) is 7.05 Å². The Morgan fingerprint density at radius 3 is 2.77 bits per heavy atom. The van der Waals surface area contributed by atoms with E-state index in [1.165, 1.54) is 16.5 Å². The normalized spacial score (nSPS) is 10.7. The van der Waals surface area contributed by atoms with E-state index in [1.807, 2.05) is 7.05 Å². The number of methoxy groups -OCH3 is 1. The summed E-state index contributed by atoms with van der Waals surface area (Å²) in [5.41, 5.74) is 2.43. The van der Waals surface area contributed by atoms with Crippen LogP contribution in [0.2, 0.25) is 0 Å². The zero-order valence-corrected chi connectivity index (χ0v) is 8.16. The van der Waals surface area contributed by atoms with Crippen LogP contribution in [0.1, 0.15) is 5.56 Å². The molecule has 0 N–H and O–H groups in total. The number of fused-ring (bicyclic) bond motifs is 1. The molecule has 0 bridgehead atoms. The molecule has 1 aromatic heterocycles. The first kappa shape index (κ1) is 8.17. The highest BCUT2D eigenvalue weighted by Gasteiger charge is 2.03. The van der Waals surface area contributed by atoms with Crippen LogP contribution in [0.4, 0.5) is 0 Å². The Hall–Kier alpha value is -1.44. The summed E-state index contributed by atoms with van der Waals surface area (Å²) in [6.45, 7) is 2.06. The number of rotatable bonds is 1. The van der Waals surface area contributed by atoms with Crippen molar-refractivity contribution in [2.45, 2.75) is 6.92 Å². The molecule has 2 rings (SSSR count). The molecule has 0 aliphatic carbocycles. The molecule has 2 heteroatoms. The number of aryl methyl sites for hydroxylation is 2. The second-order valence-electron chi connectivity index (χ2n) is 3.31. The lowest BCUT2D eigenvalue weighted by Gasteiger charge is -2.05. The van der Waals surface area contributed by atoms with Crippen molar-refractivity contribution in [2.75, 3.05) is 7.11 Å². The van der Waals surface area contributed by atoms with E-state index >= 15 is 0 Å². The Kier molecular flexibility index (Phi) is 1.76. The number of ether oxygens (including phenoxy) is 1. The van der Waals surface area contributed by atoms with Gasteiger partial charge in [-0.2, -0.15) is 0 Å². The third-order valence-corrected chi connectivity index (χ3v) is 2.40. The molecule has 0 aliphatic heterocycles. The van der Waals surface area contributed by atoms with E-state index in [0.29, 0.717) is 0 Å². The highest BCUT2D eigenvalue weighted by Crippen LogP contribution is 2.25. The zero-order valence-electron chi connectivity index (χ0n) is 8.16. The third kappa shape index (κ3) is 1.18. The quantitative estimate of drug-likeness (QED) is 0.649.